The molecule has 0 radical (unpaired) electrons. The van der Waals surface area contributed by atoms with Crippen molar-refractivity contribution >= 4 is 16.0 Å². The van der Waals surface area contributed by atoms with Crippen LogP contribution in [0.2, 0.25) is 0 Å². The molecule has 2 aromatic rings. The number of hydrogen-bond acceptors (Lipinski definition) is 5. The van der Waals surface area contributed by atoms with Crippen molar-refractivity contribution in [3.8, 4) is 5.75 Å². The molecule has 1 heterocycles. The van der Waals surface area contributed by atoms with Crippen LogP contribution in [-0.4, -0.2) is 26.1 Å². The summed E-state index contributed by atoms with van der Waals surface area (Å²) in [6.07, 6.45) is 0. The molecule has 0 fully saturated rings. The summed E-state index contributed by atoms with van der Waals surface area (Å²) in [6, 6.07) is 7.30. The average molecular weight is 339 g/mol. The molecule has 23 heavy (non-hydrogen) atoms. The molecule has 0 bridgehead atoms. The normalized spacial score (nSPS) is 11.4. The first kappa shape index (κ1) is 17.0. The predicted molar refractivity (Wildman–Crippen MR) is 81.8 cm³/mol. The molecule has 2 rings (SSSR count). The lowest BCUT2D eigenvalue weighted by molar-refractivity contribution is -0.139. The van der Waals surface area contributed by atoms with Gasteiger partial charge in [-0.25, -0.2) is 17.9 Å². The van der Waals surface area contributed by atoms with Gasteiger partial charge in [-0.1, -0.05) is 0 Å². The maximum absolute atomic E-state index is 12.2. The van der Waals surface area contributed by atoms with Crippen LogP contribution in [0, 0.1) is 13.8 Å². The summed E-state index contributed by atoms with van der Waals surface area (Å²) < 4.78 is 37.2. The van der Waals surface area contributed by atoms with Gasteiger partial charge in [-0.15, -0.1) is 0 Å². The minimum atomic E-state index is -3.68. The smallest absolute Gasteiger partial charge is 0.341 e. The van der Waals surface area contributed by atoms with Crippen molar-refractivity contribution in [2.45, 2.75) is 25.3 Å². The second-order valence-electron chi connectivity index (χ2n) is 4.92. The van der Waals surface area contributed by atoms with E-state index in [0.29, 0.717) is 5.76 Å². The van der Waals surface area contributed by atoms with E-state index in [1.165, 1.54) is 24.3 Å². The van der Waals surface area contributed by atoms with Gasteiger partial charge in [0.25, 0.3) is 0 Å². The number of sulfonamides is 1. The summed E-state index contributed by atoms with van der Waals surface area (Å²) in [6.45, 7) is 3.21. The molecular weight excluding hydrogens is 322 g/mol. The number of carbonyl (C=O) groups is 1. The van der Waals surface area contributed by atoms with Gasteiger partial charge in [0.1, 0.15) is 17.3 Å². The van der Waals surface area contributed by atoms with Crippen LogP contribution in [0.3, 0.4) is 0 Å². The minimum Gasteiger partial charge on any atom is -0.482 e. The third-order valence-electron chi connectivity index (χ3n) is 3.09. The molecule has 0 saturated heterocycles. The Hall–Kier alpha value is -2.32. The van der Waals surface area contributed by atoms with Gasteiger partial charge < -0.3 is 14.3 Å². The highest BCUT2D eigenvalue weighted by Crippen LogP contribution is 2.18. The lowest BCUT2D eigenvalue weighted by atomic mass is 10.2. The third kappa shape index (κ3) is 4.57. The monoisotopic (exact) mass is 339 g/mol. The van der Waals surface area contributed by atoms with Crippen molar-refractivity contribution < 1.29 is 27.5 Å². The Balaban J connectivity index is 2.04. The number of hydrogen-bond donors (Lipinski definition) is 2. The molecule has 0 atom stereocenters. The molecule has 124 valence electrons. The van der Waals surface area contributed by atoms with Crippen molar-refractivity contribution in [1.82, 2.24) is 4.72 Å². The van der Waals surface area contributed by atoms with Gasteiger partial charge in [0.2, 0.25) is 10.0 Å². The van der Waals surface area contributed by atoms with Gasteiger partial charge >= 0.3 is 5.97 Å². The summed E-state index contributed by atoms with van der Waals surface area (Å²) in [4.78, 5) is 10.5. The fourth-order valence-corrected chi connectivity index (χ4v) is 2.98. The van der Waals surface area contributed by atoms with E-state index in [0.717, 1.165) is 11.3 Å². The molecule has 0 amide bonds. The summed E-state index contributed by atoms with van der Waals surface area (Å²) in [5.41, 5.74) is 0.771. The highest BCUT2D eigenvalue weighted by molar-refractivity contribution is 7.89. The Morgan fingerprint density at radius 1 is 1.26 bits per heavy atom. The number of ether oxygens (including phenoxy) is 1. The number of carboxylic acid groups (broad SMARTS) is 1. The SMILES string of the molecule is Cc1cc(CNS(=O)(=O)c2ccc(OCC(=O)O)cc2)c(C)o1. The first-order chi connectivity index (χ1) is 10.8. The molecule has 2 N–H and O–H groups in total. The second-order valence-corrected chi connectivity index (χ2v) is 6.68. The molecule has 8 heteroatoms. The highest BCUT2D eigenvalue weighted by Gasteiger charge is 2.15. The van der Waals surface area contributed by atoms with Gasteiger partial charge in [-0.3, -0.25) is 0 Å². The van der Waals surface area contributed by atoms with E-state index in [4.69, 9.17) is 14.3 Å². The first-order valence-corrected chi connectivity index (χ1v) is 8.26. The van der Waals surface area contributed by atoms with Gasteiger partial charge in [0, 0.05) is 12.1 Å². The van der Waals surface area contributed by atoms with Gasteiger partial charge in [0.15, 0.2) is 6.61 Å². The molecule has 0 spiro atoms. The standard InChI is InChI=1S/C15H17NO6S/c1-10-7-12(11(2)22-10)8-16-23(19,20)14-5-3-13(4-6-14)21-9-15(17)18/h3-7,16H,8-9H2,1-2H3,(H,17,18). The second kappa shape index (κ2) is 6.84. The molecule has 1 aromatic heterocycles. The first-order valence-electron chi connectivity index (χ1n) is 6.78. The van der Waals surface area contributed by atoms with Crippen LogP contribution in [0.4, 0.5) is 0 Å². The van der Waals surface area contributed by atoms with E-state index in [-0.39, 0.29) is 17.2 Å². The van der Waals surface area contributed by atoms with E-state index in [2.05, 4.69) is 4.72 Å². The zero-order valence-electron chi connectivity index (χ0n) is 12.7. The van der Waals surface area contributed by atoms with Crippen LogP contribution in [-0.2, 0) is 21.4 Å². The molecule has 0 aliphatic carbocycles. The molecule has 0 aliphatic heterocycles. The van der Waals surface area contributed by atoms with Crippen molar-refractivity contribution in [3.63, 3.8) is 0 Å². The summed E-state index contributed by atoms with van der Waals surface area (Å²) in [5, 5.41) is 8.52. The van der Waals surface area contributed by atoms with Crippen LogP contribution in [0.15, 0.2) is 39.6 Å². The lowest BCUT2D eigenvalue weighted by Gasteiger charge is -2.08. The topological polar surface area (TPSA) is 106 Å². The van der Waals surface area contributed by atoms with Crippen LogP contribution in [0.1, 0.15) is 17.1 Å². The van der Waals surface area contributed by atoms with E-state index in [9.17, 15) is 13.2 Å². The number of aryl methyl sites for hydroxylation is 2. The predicted octanol–water partition coefficient (Wildman–Crippen LogP) is 1.84. The zero-order valence-corrected chi connectivity index (χ0v) is 13.5. The van der Waals surface area contributed by atoms with Crippen molar-refractivity contribution in [1.29, 1.82) is 0 Å². The molecule has 0 saturated carbocycles. The Labute approximate surface area is 133 Å². The Bertz CT molecular complexity index is 792. The Morgan fingerprint density at radius 3 is 2.43 bits per heavy atom. The quantitative estimate of drug-likeness (QED) is 0.797. The maximum Gasteiger partial charge on any atom is 0.341 e. The van der Waals surface area contributed by atoms with E-state index in [1.54, 1.807) is 19.9 Å². The molecular formula is C15H17NO6S. The van der Waals surface area contributed by atoms with Crippen LogP contribution < -0.4 is 9.46 Å². The minimum absolute atomic E-state index is 0.0676. The Kier molecular flexibility index (Phi) is 5.07. The number of furan rings is 1. The average Bonchev–Trinajstić information content (AvgIpc) is 2.81. The van der Waals surface area contributed by atoms with Crippen molar-refractivity contribution in [2.75, 3.05) is 6.61 Å². The maximum atomic E-state index is 12.2. The van der Waals surface area contributed by atoms with E-state index in [1.807, 2.05) is 0 Å². The molecule has 0 unspecified atom stereocenters. The summed E-state index contributed by atoms with van der Waals surface area (Å²) >= 11 is 0. The van der Waals surface area contributed by atoms with Crippen LogP contribution in [0.25, 0.3) is 0 Å². The number of aliphatic carboxylic acids is 1. The van der Waals surface area contributed by atoms with E-state index >= 15 is 0 Å². The number of carboxylic acids is 1. The van der Waals surface area contributed by atoms with Crippen LogP contribution in [0.5, 0.6) is 5.75 Å². The molecule has 0 aliphatic rings. The summed E-state index contributed by atoms with van der Waals surface area (Å²) in [7, 11) is -3.68. The molecule has 7 nitrogen and oxygen atoms in total. The number of benzene rings is 1. The lowest BCUT2D eigenvalue weighted by Crippen LogP contribution is -2.23. The van der Waals surface area contributed by atoms with E-state index < -0.39 is 22.6 Å². The Morgan fingerprint density at radius 2 is 1.91 bits per heavy atom. The largest absolute Gasteiger partial charge is 0.482 e. The van der Waals surface area contributed by atoms with Crippen LogP contribution >= 0.6 is 0 Å². The third-order valence-corrected chi connectivity index (χ3v) is 4.51. The van der Waals surface area contributed by atoms with Crippen molar-refractivity contribution in [2.24, 2.45) is 0 Å². The zero-order chi connectivity index (χ0) is 17.0. The van der Waals surface area contributed by atoms with Crippen molar-refractivity contribution in [3.05, 3.63) is 47.4 Å². The fourth-order valence-electron chi connectivity index (χ4n) is 1.98. The highest BCUT2D eigenvalue weighted by atomic mass is 32.2. The van der Waals surface area contributed by atoms with Gasteiger partial charge in [-0.05, 0) is 44.2 Å². The fraction of sp³-hybridized carbons (Fsp3) is 0.267. The number of rotatable bonds is 7. The van der Waals surface area contributed by atoms with Gasteiger partial charge in [-0.2, -0.15) is 0 Å². The molecule has 1 aromatic carbocycles. The van der Waals surface area contributed by atoms with Gasteiger partial charge in [0.05, 0.1) is 4.90 Å². The number of nitrogens with one attached hydrogen (secondary N) is 1. The summed E-state index contributed by atoms with van der Waals surface area (Å²) in [5.74, 6) is 0.570.